The van der Waals surface area contributed by atoms with Gasteiger partial charge in [-0.25, -0.2) is 0 Å². The van der Waals surface area contributed by atoms with Gasteiger partial charge < -0.3 is 10.2 Å². The van der Waals surface area contributed by atoms with Crippen molar-refractivity contribution >= 4 is 11.9 Å². The van der Waals surface area contributed by atoms with Crippen LogP contribution in [-0.4, -0.2) is 22.2 Å². The van der Waals surface area contributed by atoms with Gasteiger partial charge in [-0.2, -0.15) is 0 Å². The first-order valence-electron chi connectivity index (χ1n) is 9.02. The summed E-state index contributed by atoms with van der Waals surface area (Å²) in [4.78, 5) is 21.6. The van der Waals surface area contributed by atoms with E-state index in [9.17, 15) is 14.7 Å². The molecule has 2 N–H and O–H groups in total. The van der Waals surface area contributed by atoms with E-state index in [-0.39, 0.29) is 12.3 Å². The number of carboxylic acids is 2. The summed E-state index contributed by atoms with van der Waals surface area (Å²) < 4.78 is 0. The minimum atomic E-state index is -0.710. The molecule has 0 heterocycles. The number of unbranched alkanes of at least 4 members (excludes halogenated alkanes) is 9. The smallest absolute Gasteiger partial charge is 0.306 e. The Balaban J connectivity index is 3.48. The first-order valence-corrected chi connectivity index (χ1v) is 9.02. The molecule has 4 heteroatoms. The molecule has 0 aromatic heterocycles. The standard InChI is InChI=1S/C18H34O4/c1-2-3-4-10-13-16(18(21)22)14-11-8-6-5-7-9-12-15-17(19)20/h16H,2-15H2,1H3,(H,19,20)(H,21,22). The van der Waals surface area contributed by atoms with Gasteiger partial charge in [-0.1, -0.05) is 71.1 Å². The molecule has 0 aliphatic carbocycles. The quantitative estimate of drug-likeness (QED) is 0.381. The van der Waals surface area contributed by atoms with E-state index in [1.165, 1.54) is 12.8 Å². The first kappa shape index (κ1) is 20.9. The average molecular weight is 314 g/mol. The van der Waals surface area contributed by atoms with Gasteiger partial charge in [0.2, 0.25) is 0 Å². The molecule has 0 spiro atoms. The molecule has 0 aromatic carbocycles. The highest BCUT2D eigenvalue weighted by Gasteiger charge is 2.16. The molecule has 0 radical (unpaired) electrons. The van der Waals surface area contributed by atoms with Crippen molar-refractivity contribution in [3.63, 3.8) is 0 Å². The molecule has 0 aliphatic heterocycles. The lowest BCUT2D eigenvalue weighted by atomic mass is 9.94. The van der Waals surface area contributed by atoms with E-state index < -0.39 is 11.9 Å². The van der Waals surface area contributed by atoms with Gasteiger partial charge >= 0.3 is 11.9 Å². The van der Waals surface area contributed by atoms with Gasteiger partial charge in [-0.05, 0) is 19.3 Å². The molecule has 130 valence electrons. The van der Waals surface area contributed by atoms with E-state index in [1.807, 2.05) is 0 Å². The topological polar surface area (TPSA) is 74.6 Å². The second-order valence-corrected chi connectivity index (χ2v) is 6.29. The van der Waals surface area contributed by atoms with Gasteiger partial charge in [0.25, 0.3) is 0 Å². The Hall–Kier alpha value is -1.06. The zero-order valence-corrected chi connectivity index (χ0v) is 14.2. The fraction of sp³-hybridized carbons (Fsp3) is 0.889. The van der Waals surface area contributed by atoms with Crippen molar-refractivity contribution in [1.29, 1.82) is 0 Å². The predicted octanol–water partition coefficient (Wildman–Crippen LogP) is 5.25. The lowest BCUT2D eigenvalue weighted by molar-refractivity contribution is -0.142. The molecule has 0 aliphatic rings. The highest BCUT2D eigenvalue weighted by Crippen LogP contribution is 2.19. The summed E-state index contributed by atoms with van der Waals surface area (Å²) in [5, 5.41) is 17.8. The normalized spacial score (nSPS) is 12.2. The Labute approximate surface area is 135 Å². The molecule has 1 atom stereocenters. The van der Waals surface area contributed by atoms with Crippen LogP contribution in [0.5, 0.6) is 0 Å². The van der Waals surface area contributed by atoms with Crippen molar-refractivity contribution in [2.45, 2.75) is 96.8 Å². The summed E-state index contributed by atoms with van der Waals surface area (Å²) in [7, 11) is 0. The maximum absolute atomic E-state index is 11.2. The van der Waals surface area contributed by atoms with E-state index >= 15 is 0 Å². The van der Waals surface area contributed by atoms with Crippen LogP contribution in [0.2, 0.25) is 0 Å². The highest BCUT2D eigenvalue weighted by molar-refractivity contribution is 5.69. The van der Waals surface area contributed by atoms with Crippen molar-refractivity contribution < 1.29 is 19.8 Å². The number of carbonyl (C=O) groups is 2. The van der Waals surface area contributed by atoms with Gasteiger partial charge in [-0.15, -0.1) is 0 Å². The third kappa shape index (κ3) is 13.9. The van der Waals surface area contributed by atoms with Crippen LogP contribution in [0.4, 0.5) is 0 Å². The van der Waals surface area contributed by atoms with Crippen LogP contribution in [0.15, 0.2) is 0 Å². The SMILES string of the molecule is CCCCCCC(CCCCCCCCCC(=O)O)C(=O)O. The van der Waals surface area contributed by atoms with Crippen molar-refractivity contribution in [2.75, 3.05) is 0 Å². The van der Waals surface area contributed by atoms with Crippen molar-refractivity contribution in [3.8, 4) is 0 Å². The third-order valence-corrected chi connectivity index (χ3v) is 4.20. The molecule has 4 nitrogen and oxygen atoms in total. The molecule has 0 bridgehead atoms. The predicted molar refractivity (Wildman–Crippen MR) is 89.1 cm³/mol. The van der Waals surface area contributed by atoms with Crippen molar-refractivity contribution in [2.24, 2.45) is 5.92 Å². The summed E-state index contributed by atoms with van der Waals surface area (Å²) >= 11 is 0. The molecule has 1 unspecified atom stereocenters. The summed E-state index contributed by atoms with van der Waals surface area (Å²) in [6, 6.07) is 0. The Bertz CT molecular complexity index is 289. The first-order chi connectivity index (χ1) is 10.6. The van der Waals surface area contributed by atoms with Gasteiger partial charge in [0, 0.05) is 6.42 Å². The van der Waals surface area contributed by atoms with Crippen molar-refractivity contribution in [3.05, 3.63) is 0 Å². The number of rotatable bonds is 16. The number of carboxylic acid groups (broad SMARTS) is 2. The Morgan fingerprint density at radius 3 is 1.64 bits per heavy atom. The Kier molecular flexibility index (Phi) is 14.1. The number of hydrogen-bond acceptors (Lipinski definition) is 2. The van der Waals surface area contributed by atoms with Crippen LogP contribution in [0.3, 0.4) is 0 Å². The molecule has 0 saturated heterocycles. The van der Waals surface area contributed by atoms with E-state index in [1.54, 1.807) is 0 Å². The Morgan fingerprint density at radius 1 is 0.727 bits per heavy atom. The van der Waals surface area contributed by atoms with E-state index in [2.05, 4.69) is 6.92 Å². The zero-order chi connectivity index (χ0) is 16.6. The Morgan fingerprint density at radius 2 is 1.18 bits per heavy atom. The minimum absolute atomic E-state index is 0.160. The molecule has 0 fully saturated rings. The second kappa shape index (κ2) is 14.9. The molecular weight excluding hydrogens is 280 g/mol. The molecule has 0 amide bonds. The summed E-state index contributed by atoms with van der Waals surface area (Å²) in [5.74, 6) is -1.50. The van der Waals surface area contributed by atoms with Gasteiger partial charge in [0.05, 0.1) is 5.92 Å². The van der Waals surface area contributed by atoms with Crippen LogP contribution in [0.1, 0.15) is 96.8 Å². The van der Waals surface area contributed by atoms with Gasteiger partial charge in [0.1, 0.15) is 0 Å². The maximum atomic E-state index is 11.2. The fourth-order valence-corrected chi connectivity index (χ4v) is 2.76. The van der Waals surface area contributed by atoms with Crippen LogP contribution in [0.25, 0.3) is 0 Å². The summed E-state index contributed by atoms with van der Waals surface area (Å²) in [6.07, 6.45) is 13.7. The molecule has 0 saturated carbocycles. The van der Waals surface area contributed by atoms with Crippen molar-refractivity contribution in [1.82, 2.24) is 0 Å². The summed E-state index contributed by atoms with van der Waals surface area (Å²) in [5.41, 5.74) is 0. The highest BCUT2D eigenvalue weighted by atomic mass is 16.4. The second-order valence-electron chi connectivity index (χ2n) is 6.29. The third-order valence-electron chi connectivity index (χ3n) is 4.20. The number of hydrogen-bond donors (Lipinski definition) is 2. The van der Waals surface area contributed by atoms with Crippen LogP contribution in [-0.2, 0) is 9.59 Å². The van der Waals surface area contributed by atoms with E-state index in [0.717, 1.165) is 70.6 Å². The minimum Gasteiger partial charge on any atom is -0.481 e. The van der Waals surface area contributed by atoms with E-state index in [4.69, 9.17) is 5.11 Å². The monoisotopic (exact) mass is 314 g/mol. The fourth-order valence-electron chi connectivity index (χ4n) is 2.76. The largest absolute Gasteiger partial charge is 0.481 e. The average Bonchev–Trinajstić information content (AvgIpc) is 2.46. The van der Waals surface area contributed by atoms with Crippen LogP contribution in [0, 0.1) is 5.92 Å². The summed E-state index contributed by atoms with van der Waals surface area (Å²) in [6.45, 7) is 2.16. The molecule has 0 aromatic rings. The van der Waals surface area contributed by atoms with Gasteiger partial charge in [0.15, 0.2) is 0 Å². The maximum Gasteiger partial charge on any atom is 0.306 e. The molecular formula is C18H34O4. The molecule has 0 rings (SSSR count). The van der Waals surface area contributed by atoms with E-state index in [0.29, 0.717) is 0 Å². The van der Waals surface area contributed by atoms with Crippen LogP contribution >= 0.6 is 0 Å². The molecule has 22 heavy (non-hydrogen) atoms. The lowest BCUT2D eigenvalue weighted by Crippen LogP contribution is -2.13. The van der Waals surface area contributed by atoms with Gasteiger partial charge in [-0.3, -0.25) is 9.59 Å². The number of aliphatic carboxylic acids is 2. The van der Waals surface area contributed by atoms with Crippen LogP contribution < -0.4 is 0 Å². The lowest BCUT2D eigenvalue weighted by Gasteiger charge is -2.11. The zero-order valence-electron chi connectivity index (χ0n) is 14.2.